The van der Waals surface area contributed by atoms with Crippen LogP contribution >= 0.6 is 0 Å². The van der Waals surface area contributed by atoms with Gasteiger partial charge in [0.05, 0.1) is 6.61 Å². The molecule has 90 valence electrons. The molecule has 0 aromatic rings. The first-order valence-electron chi connectivity index (χ1n) is 6.27. The van der Waals surface area contributed by atoms with Gasteiger partial charge in [-0.25, -0.2) is 0 Å². The van der Waals surface area contributed by atoms with Crippen molar-refractivity contribution < 1.29 is 9.84 Å². The van der Waals surface area contributed by atoms with Crippen LogP contribution in [0.2, 0.25) is 0 Å². The normalized spacial score (nSPS) is 23.2. The molecule has 1 rings (SSSR count). The van der Waals surface area contributed by atoms with E-state index in [4.69, 9.17) is 9.84 Å². The van der Waals surface area contributed by atoms with Crippen molar-refractivity contribution in [2.24, 2.45) is 5.92 Å². The molecule has 1 fully saturated rings. The molecule has 1 aliphatic heterocycles. The Morgan fingerprint density at radius 3 is 3.00 bits per heavy atom. The average Bonchev–Trinajstić information content (AvgIpc) is 2.26. The number of aliphatic hydroxyl groups is 1. The third-order valence-electron chi connectivity index (χ3n) is 3.04. The van der Waals surface area contributed by atoms with E-state index in [1.165, 1.54) is 19.4 Å². The number of hydrogen-bond acceptors (Lipinski definition) is 3. The van der Waals surface area contributed by atoms with Gasteiger partial charge in [0.25, 0.3) is 0 Å². The van der Waals surface area contributed by atoms with Gasteiger partial charge in [-0.3, -0.25) is 0 Å². The maximum absolute atomic E-state index is 8.91. The number of aliphatic hydroxyl groups excluding tert-OH is 1. The van der Waals surface area contributed by atoms with Gasteiger partial charge >= 0.3 is 0 Å². The smallest absolute Gasteiger partial charge is 0.0593 e. The number of piperidine rings is 1. The fourth-order valence-corrected chi connectivity index (χ4v) is 2.21. The molecule has 3 heteroatoms. The molecule has 1 unspecified atom stereocenters. The highest BCUT2D eigenvalue weighted by Gasteiger charge is 2.18. The molecule has 0 radical (unpaired) electrons. The highest BCUT2D eigenvalue weighted by atomic mass is 16.5. The Morgan fingerprint density at radius 1 is 1.40 bits per heavy atom. The van der Waals surface area contributed by atoms with E-state index in [1.807, 2.05) is 0 Å². The minimum absolute atomic E-state index is 0.338. The number of likely N-dealkylation sites (tertiary alicyclic amines) is 1. The quantitative estimate of drug-likeness (QED) is 0.653. The fourth-order valence-electron chi connectivity index (χ4n) is 2.21. The van der Waals surface area contributed by atoms with Gasteiger partial charge in [0.2, 0.25) is 0 Å². The van der Waals surface area contributed by atoms with Gasteiger partial charge in [-0.1, -0.05) is 6.92 Å². The maximum atomic E-state index is 8.91. The van der Waals surface area contributed by atoms with Crippen molar-refractivity contribution in [2.45, 2.75) is 32.6 Å². The molecule has 0 aromatic carbocycles. The van der Waals surface area contributed by atoms with Crippen molar-refractivity contribution in [3.8, 4) is 0 Å². The molecule has 3 nitrogen and oxygen atoms in total. The van der Waals surface area contributed by atoms with Crippen LogP contribution in [-0.2, 0) is 4.74 Å². The van der Waals surface area contributed by atoms with E-state index in [1.54, 1.807) is 0 Å². The first-order chi connectivity index (χ1) is 7.36. The van der Waals surface area contributed by atoms with Crippen molar-refractivity contribution >= 4 is 0 Å². The first-order valence-corrected chi connectivity index (χ1v) is 6.27. The predicted molar refractivity (Wildman–Crippen MR) is 62.0 cm³/mol. The van der Waals surface area contributed by atoms with Crippen LogP contribution in [0.5, 0.6) is 0 Å². The molecule has 0 saturated carbocycles. The van der Waals surface area contributed by atoms with Crippen LogP contribution in [0.3, 0.4) is 0 Å². The van der Waals surface area contributed by atoms with Crippen molar-refractivity contribution in [3.63, 3.8) is 0 Å². The molecule has 0 amide bonds. The number of ether oxygens (including phenoxy) is 1. The van der Waals surface area contributed by atoms with Crippen LogP contribution in [0, 0.1) is 5.92 Å². The van der Waals surface area contributed by atoms with Crippen LogP contribution in [0.25, 0.3) is 0 Å². The molecule has 0 aromatic heterocycles. The van der Waals surface area contributed by atoms with Crippen molar-refractivity contribution in [1.29, 1.82) is 0 Å². The topological polar surface area (TPSA) is 32.7 Å². The zero-order chi connectivity index (χ0) is 10.9. The maximum Gasteiger partial charge on any atom is 0.0593 e. The third kappa shape index (κ3) is 5.50. The highest BCUT2D eigenvalue weighted by Crippen LogP contribution is 2.18. The second kappa shape index (κ2) is 8.08. The van der Waals surface area contributed by atoms with Gasteiger partial charge in [-0.05, 0) is 38.1 Å². The van der Waals surface area contributed by atoms with Crippen molar-refractivity contribution in [1.82, 2.24) is 4.90 Å². The Labute approximate surface area is 93.4 Å². The molecule has 1 N–H and O–H groups in total. The highest BCUT2D eigenvalue weighted by molar-refractivity contribution is 4.72. The molecule has 0 spiro atoms. The van der Waals surface area contributed by atoms with E-state index in [2.05, 4.69) is 11.8 Å². The lowest BCUT2D eigenvalue weighted by Gasteiger charge is -2.32. The molecule has 1 heterocycles. The Balaban J connectivity index is 2.07. The first kappa shape index (κ1) is 12.9. The molecule has 0 aliphatic carbocycles. The minimum Gasteiger partial charge on any atom is -0.396 e. The van der Waals surface area contributed by atoms with Crippen LogP contribution in [-0.4, -0.2) is 49.5 Å². The standard InChI is InChI=1S/C12H25NO2/c1-2-9-15-10-7-13-6-3-4-12(11-13)5-8-14/h12,14H,2-11H2,1H3. The van der Waals surface area contributed by atoms with E-state index in [9.17, 15) is 0 Å². The minimum atomic E-state index is 0.338. The second-order valence-corrected chi connectivity index (χ2v) is 4.43. The predicted octanol–water partition coefficient (Wildman–Crippen LogP) is 1.51. The summed E-state index contributed by atoms with van der Waals surface area (Å²) in [7, 11) is 0. The lowest BCUT2D eigenvalue weighted by Crippen LogP contribution is -2.37. The van der Waals surface area contributed by atoms with Crippen LogP contribution in [0.1, 0.15) is 32.6 Å². The van der Waals surface area contributed by atoms with Gasteiger partial charge in [-0.2, -0.15) is 0 Å². The van der Waals surface area contributed by atoms with E-state index >= 15 is 0 Å². The summed E-state index contributed by atoms with van der Waals surface area (Å²) in [6.07, 6.45) is 4.63. The number of hydrogen-bond donors (Lipinski definition) is 1. The number of rotatable bonds is 7. The van der Waals surface area contributed by atoms with E-state index in [0.717, 1.165) is 39.1 Å². The van der Waals surface area contributed by atoms with Crippen LogP contribution < -0.4 is 0 Å². The largest absolute Gasteiger partial charge is 0.396 e. The van der Waals surface area contributed by atoms with Crippen LogP contribution in [0.4, 0.5) is 0 Å². The van der Waals surface area contributed by atoms with Gasteiger partial charge in [-0.15, -0.1) is 0 Å². The average molecular weight is 215 g/mol. The molecule has 1 atom stereocenters. The zero-order valence-electron chi connectivity index (χ0n) is 9.95. The summed E-state index contributed by atoms with van der Waals surface area (Å²) in [4.78, 5) is 2.47. The number of nitrogens with zero attached hydrogens (tertiary/aromatic N) is 1. The monoisotopic (exact) mass is 215 g/mol. The van der Waals surface area contributed by atoms with Crippen molar-refractivity contribution in [2.75, 3.05) is 39.5 Å². The lowest BCUT2D eigenvalue weighted by molar-refractivity contribution is 0.0804. The van der Waals surface area contributed by atoms with Crippen LogP contribution in [0.15, 0.2) is 0 Å². The SMILES string of the molecule is CCCOCCN1CCCC(CCO)C1. The summed E-state index contributed by atoms with van der Waals surface area (Å²) in [6.45, 7) is 7.63. The van der Waals surface area contributed by atoms with Gasteiger partial charge in [0.15, 0.2) is 0 Å². The van der Waals surface area contributed by atoms with Crippen molar-refractivity contribution in [3.05, 3.63) is 0 Å². The molecular weight excluding hydrogens is 190 g/mol. The van der Waals surface area contributed by atoms with Gasteiger partial charge in [0.1, 0.15) is 0 Å². The molecular formula is C12H25NO2. The summed E-state index contributed by atoms with van der Waals surface area (Å²) >= 11 is 0. The van der Waals surface area contributed by atoms with E-state index < -0.39 is 0 Å². The Kier molecular flexibility index (Phi) is 6.98. The summed E-state index contributed by atoms with van der Waals surface area (Å²) < 4.78 is 5.49. The zero-order valence-corrected chi connectivity index (χ0v) is 9.95. The fraction of sp³-hybridized carbons (Fsp3) is 1.00. The van der Waals surface area contributed by atoms with E-state index in [-0.39, 0.29) is 0 Å². The second-order valence-electron chi connectivity index (χ2n) is 4.43. The summed E-state index contributed by atoms with van der Waals surface area (Å²) in [6, 6.07) is 0. The Hall–Kier alpha value is -0.120. The van der Waals surface area contributed by atoms with Gasteiger partial charge < -0.3 is 14.7 Å². The Bertz CT molecular complexity index is 151. The Morgan fingerprint density at radius 2 is 2.27 bits per heavy atom. The van der Waals surface area contributed by atoms with E-state index in [0.29, 0.717) is 12.5 Å². The molecule has 1 saturated heterocycles. The molecule has 0 bridgehead atoms. The summed E-state index contributed by atoms with van der Waals surface area (Å²) in [5.41, 5.74) is 0. The summed E-state index contributed by atoms with van der Waals surface area (Å²) in [5.74, 6) is 0.704. The third-order valence-corrected chi connectivity index (χ3v) is 3.04. The molecule has 1 aliphatic rings. The lowest BCUT2D eigenvalue weighted by atomic mass is 9.95. The molecule has 15 heavy (non-hydrogen) atoms. The van der Waals surface area contributed by atoms with Gasteiger partial charge in [0, 0.05) is 26.3 Å². The summed E-state index contributed by atoms with van der Waals surface area (Å²) in [5, 5.41) is 8.91.